The summed E-state index contributed by atoms with van der Waals surface area (Å²) in [5.41, 5.74) is 2.27. The summed E-state index contributed by atoms with van der Waals surface area (Å²) in [7, 11) is 0. The van der Waals surface area contributed by atoms with E-state index in [0.717, 1.165) is 16.8 Å². The van der Waals surface area contributed by atoms with Gasteiger partial charge in [0.05, 0.1) is 18.1 Å². The van der Waals surface area contributed by atoms with E-state index >= 15 is 0 Å². The van der Waals surface area contributed by atoms with Crippen molar-refractivity contribution in [1.29, 1.82) is 0 Å². The van der Waals surface area contributed by atoms with Crippen molar-refractivity contribution < 1.29 is 15.0 Å². The molecular formula is C14H20N2O3. The molecule has 5 nitrogen and oxygen atoms in total. The molecule has 0 saturated heterocycles. The summed E-state index contributed by atoms with van der Waals surface area (Å²) < 4.78 is 0. The third-order valence-electron chi connectivity index (χ3n) is 3.52. The highest BCUT2D eigenvalue weighted by Gasteiger charge is 2.37. The van der Waals surface area contributed by atoms with E-state index in [1.165, 1.54) is 0 Å². The van der Waals surface area contributed by atoms with Crippen LogP contribution in [0, 0.1) is 0 Å². The molecule has 104 valence electrons. The Labute approximate surface area is 112 Å². The van der Waals surface area contributed by atoms with Gasteiger partial charge in [0.15, 0.2) is 0 Å². The van der Waals surface area contributed by atoms with Crippen molar-refractivity contribution in [2.45, 2.75) is 31.9 Å². The lowest BCUT2D eigenvalue weighted by Crippen LogP contribution is -2.45. The van der Waals surface area contributed by atoms with Gasteiger partial charge in [0.1, 0.15) is 0 Å². The summed E-state index contributed by atoms with van der Waals surface area (Å²) in [6.07, 6.45) is -0.809. The predicted octanol–water partition coefficient (Wildman–Crippen LogP) is 0.359. The van der Waals surface area contributed by atoms with Crippen LogP contribution in [0.2, 0.25) is 0 Å². The van der Waals surface area contributed by atoms with Crippen LogP contribution >= 0.6 is 0 Å². The molecule has 1 aromatic rings. The molecule has 1 atom stereocenters. The summed E-state index contributed by atoms with van der Waals surface area (Å²) in [6, 6.07) is 5.80. The van der Waals surface area contributed by atoms with Crippen LogP contribution in [0.3, 0.4) is 0 Å². The second-order valence-corrected chi connectivity index (χ2v) is 5.36. The van der Waals surface area contributed by atoms with Crippen LogP contribution in [0.5, 0.6) is 0 Å². The maximum atomic E-state index is 12.0. The standard InChI is InChI=1S/C14H20N2O3/c1-14(2)12-9(6-16-13(14)19)4-3-5-11(12)15-7-10(18)8-17/h3-5,10,15,17-18H,6-8H2,1-2H3,(H,16,19). The van der Waals surface area contributed by atoms with Gasteiger partial charge in [0, 0.05) is 18.8 Å². The lowest BCUT2D eigenvalue weighted by molar-refractivity contribution is -0.126. The maximum Gasteiger partial charge on any atom is 0.230 e. The Morgan fingerprint density at radius 1 is 1.47 bits per heavy atom. The van der Waals surface area contributed by atoms with Gasteiger partial charge in [-0.05, 0) is 31.0 Å². The molecule has 1 aliphatic heterocycles. The number of amides is 1. The van der Waals surface area contributed by atoms with Gasteiger partial charge in [-0.15, -0.1) is 0 Å². The van der Waals surface area contributed by atoms with Crippen molar-refractivity contribution in [3.63, 3.8) is 0 Å². The minimum atomic E-state index is -0.809. The minimum Gasteiger partial charge on any atom is -0.394 e. The molecule has 0 fully saturated rings. The molecule has 4 N–H and O–H groups in total. The molecule has 1 unspecified atom stereocenters. The zero-order chi connectivity index (χ0) is 14.0. The molecule has 0 radical (unpaired) electrons. The van der Waals surface area contributed by atoms with E-state index < -0.39 is 11.5 Å². The highest BCUT2D eigenvalue weighted by Crippen LogP contribution is 2.36. The van der Waals surface area contributed by atoms with Crippen LogP contribution in [0.15, 0.2) is 18.2 Å². The number of hydrogen-bond acceptors (Lipinski definition) is 4. The summed E-state index contributed by atoms with van der Waals surface area (Å²) in [5, 5.41) is 24.2. The van der Waals surface area contributed by atoms with Crippen molar-refractivity contribution in [2.75, 3.05) is 18.5 Å². The summed E-state index contributed by atoms with van der Waals surface area (Å²) in [4.78, 5) is 12.0. The lowest BCUT2D eigenvalue weighted by atomic mass is 9.77. The third-order valence-corrected chi connectivity index (χ3v) is 3.52. The lowest BCUT2D eigenvalue weighted by Gasteiger charge is -2.34. The predicted molar refractivity (Wildman–Crippen MR) is 72.9 cm³/mol. The number of nitrogens with one attached hydrogen (secondary N) is 2. The van der Waals surface area contributed by atoms with E-state index in [-0.39, 0.29) is 19.1 Å². The molecule has 1 heterocycles. The van der Waals surface area contributed by atoms with Crippen LogP contribution < -0.4 is 10.6 Å². The maximum absolute atomic E-state index is 12.0. The normalized spacial score (nSPS) is 18.4. The first-order valence-electron chi connectivity index (χ1n) is 6.40. The van der Waals surface area contributed by atoms with Gasteiger partial charge in [-0.25, -0.2) is 0 Å². The molecule has 0 bridgehead atoms. The number of carbonyl (C=O) groups excluding carboxylic acids is 1. The van der Waals surface area contributed by atoms with Gasteiger partial charge in [-0.3, -0.25) is 4.79 Å². The molecule has 1 aliphatic rings. The van der Waals surface area contributed by atoms with Crippen LogP contribution in [0.25, 0.3) is 0 Å². The highest BCUT2D eigenvalue weighted by atomic mass is 16.3. The largest absolute Gasteiger partial charge is 0.394 e. The minimum absolute atomic E-state index is 0.00282. The van der Waals surface area contributed by atoms with E-state index in [2.05, 4.69) is 10.6 Å². The van der Waals surface area contributed by atoms with Crippen molar-refractivity contribution in [2.24, 2.45) is 0 Å². The molecular weight excluding hydrogens is 244 g/mol. The van der Waals surface area contributed by atoms with Gasteiger partial charge in [0.2, 0.25) is 5.91 Å². The van der Waals surface area contributed by atoms with E-state index in [0.29, 0.717) is 6.54 Å². The quantitative estimate of drug-likeness (QED) is 0.633. The molecule has 0 saturated carbocycles. The summed E-state index contributed by atoms with van der Waals surface area (Å²) in [6.45, 7) is 4.26. The Morgan fingerprint density at radius 3 is 2.89 bits per heavy atom. The number of aliphatic hydroxyl groups is 2. The first kappa shape index (κ1) is 13.8. The van der Waals surface area contributed by atoms with E-state index in [1.54, 1.807) is 0 Å². The number of anilines is 1. The Kier molecular flexibility index (Phi) is 3.78. The fraction of sp³-hybridized carbons (Fsp3) is 0.500. The molecule has 1 aromatic carbocycles. The fourth-order valence-electron chi connectivity index (χ4n) is 2.44. The highest BCUT2D eigenvalue weighted by molar-refractivity contribution is 5.91. The van der Waals surface area contributed by atoms with Crippen molar-refractivity contribution in [3.8, 4) is 0 Å². The van der Waals surface area contributed by atoms with Crippen LogP contribution in [0.1, 0.15) is 25.0 Å². The fourth-order valence-corrected chi connectivity index (χ4v) is 2.44. The van der Waals surface area contributed by atoms with Gasteiger partial charge < -0.3 is 20.8 Å². The van der Waals surface area contributed by atoms with Crippen molar-refractivity contribution in [3.05, 3.63) is 29.3 Å². The zero-order valence-corrected chi connectivity index (χ0v) is 11.2. The molecule has 2 rings (SSSR count). The SMILES string of the molecule is CC1(C)C(=O)NCc2cccc(NCC(O)CO)c21. The average molecular weight is 264 g/mol. The Hall–Kier alpha value is -1.59. The first-order valence-corrected chi connectivity index (χ1v) is 6.40. The summed E-state index contributed by atoms with van der Waals surface area (Å²) in [5.74, 6) is -0.00282. The Bertz CT molecular complexity index is 486. The smallest absolute Gasteiger partial charge is 0.230 e. The molecule has 0 spiro atoms. The van der Waals surface area contributed by atoms with E-state index in [4.69, 9.17) is 5.11 Å². The number of benzene rings is 1. The molecule has 0 aliphatic carbocycles. The Balaban J connectivity index is 2.34. The zero-order valence-electron chi connectivity index (χ0n) is 11.2. The number of aliphatic hydroxyl groups excluding tert-OH is 2. The topological polar surface area (TPSA) is 81.6 Å². The number of carbonyl (C=O) groups is 1. The van der Waals surface area contributed by atoms with Crippen molar-refractivity contribution >= 4 is 11.6 Å². The second-order valence-electron chi connectivity index (χ2n) is 5.36. The number of hydrogen-bond donors (Lipinski definition) is 4. The Morgan fingerprint density at radius 2 is 2.21 bits per heavy atom. The molecule has 0 aromatic heterocycles. The number of rotatable bonds is 4. The van der Waals surface area contributed by atoms with E-state index in [1.807, 2.05) is 32.0 Å². The van der Waals surface area contributed by atoms with Crippen LogP contribution in [-0.4, -0.2) is 35.4 Å². The first-order chi connectivity index (χ1) is 8.96. The molecule has 1 amide bonds. The molecule has 5 heteroatoms. The van der Waals surface area contributed by atoms with Crippen molar-refractivity contribution in [1.82, 2.24) is 5.32 Å². The van der Waals surface area contributed by atoms with Gasteiger partial charge in [0.25, 0.3) is 0 Å². The third kappa shape index (κ3) is 2.57. The number of fused-ring (bicyclic) bond motifs is 1. The average Bonchev–Trinajstić information content (AvgIpc) is 2.40. The van der Waals surface area contributed by atoms with Gasteiger partial charge >= 0.3 is 0 Å². The second kappa shape index (κ2) is 5.19. The van der Waals surface area contributed by atoms with Gasteiger partial charge in [-0.2, -0.15) is 0 Å². The van der Waals surface area contributed by atoms with Crippen LogP contribution in [0.4, 0.5) is 5.69 Å². The molecule has 19 heavy (non-hydrogen) atoms. The van der Waals surface area contributed by atoms with Gasteiger partial charge in [-0.1, -0.05) is 12.1 Å². The summed E-state index contributed by atoms with van der Waals surface area (Å²) >= 11 is 0. The van der Waals surface area contributed by atoms with Crippen LogP contribution in [-0.2, 0) is 16.8 Å². The monoisotopic (exact) mass is 264 g/mol. The van der Waals surface area contributed by atoms with E-state index in [9.17, 15) is 9.90 Å².